The van der Waals surface area contributed by atoms with Crippen LogP contribution in [0.4, 0.5) is 0 Å². The van der Waals surface area contributed by atoms with Crippen LogP contribution in [0.1, 0.15) is 10.4 Å². The molecule has 0 bridgehead atoms. The zero-order valence-corrected chi connectivity index (χ0v) is 17.3. The Morgan fingerprint density at radius 2 is 1.80 bits per heavy atom. The molecule has 1 amide bonds. The lowest BCUT2D eigenvalue weighted by atomic mass is 10.2. The summed E-state index contributed by atoms with van der Waals surface area (Å²) in [4.78, 5) is 29.4. The van der Waals surface area contributed by atoms with Gasteiger partial charge in [0.25, 0.3) is 5.91 Å². The second kappa shape index (κ2) is 8.07. The number of rotatable bonds is 5. The van der Waals surface area contributed by atoms with Crippen LogP contribution in [0.3, 0.4) is 0 Å². The van der Waals surface area contributed by atoms with Crippen molar-refractivity contribution in [1.82, 2.24) is 4.57 Å². The molecule has 0 saturated carbocycles. The van der Waals surface area contributed by atoms with E-state index in [1.165, 1.54) is 32.7 Å². The van der Waals surface area contributed by atoms with Gasteiger partial charge in [0.1, 0.15) is 6.54 Å². The third-order valence-electron chi connectivity index (χ3n) is 4.52. The Morgan fingerprint density at radius 3 is 2.53 bits per heavy atom. The summed E-state index contributed by atoms with van der Waals surface area (Å²) < 4.78 is 28.5. The molecule has 30 heavy (non-hydrogen) atoms. The van der Waals surface area contributed by atoms with Crippen molar-refractivity contribution in [3.63, 3.8) is 0 Å². The van der Waals surface area contributed by atoms with E-state index in [0.29, 0.717) is 38.9 Å². The highest BCUT2D eigenvalue weighted by molar-refractivity contribution is 7.16. The molecule has 0 aliphatic carbocycles. The minimum absolute atomic E-state index is 0.112. The van der Waals surface area contributed by atoms with Crippen molar-refractivity contribution in [3.8, 4) is 23.0 Å². The first-order valence-electron chi connectivity index (χ1n) is 8.85. The fourth-order valence-electron chi connectivity index (χ4n) is 3.01. The maximum Gasteiger partial charge on any atom is 0.325 e. The molecule has 0 radical (unpaired) electrons. The number of ether oxygens (including phenoxy) is 5. The summed E-state index contributed by atoms with van der Waals surface area (Å²) in [5.41, 5.74) is 1.01. The number of hydrogen-bond acceptors (Lipinski definition) is 8. The number of fused-ring (bicyclic) bond motifs is 2. The highest BCUT2D eigenvalue weighted by Crippen LogP contribution is 2.34. The maximum atomic E-state index is 12.8. The first-order chi connectivity index (χ1) is 14.5. The van der Waals surface area contributed by atoms with Gasteiger partial charge in [-0.25, -0.2) is 0 Å². The molecular formula is C20H18N2O7S. The molecule has 156 valence electrons. The van der Waals surface area contributed by atoms with Gasteiger partial charge in [0.05, 0.1) is 31.5 Å². The molecule has 3 aromatic rings. The Hall–Kier alpha value is -3.53. The molecule has 0 N–H and O–H groups in total. The first-order valence-corrected chi connectivity index (χ1v) is 9.66. The summed E-state index contributed by atoms with van der Waals surface area (Å²) in [5, 5.41) is 0. The highest BCUT2D eigenvalue weighted by Gasteiger charge is 2.18. The maximum absolute atomic E-state index is 12.8. The lowest BCUT2D eigenvalue weighted by Crippen LogP contribution is -2.22. The number of methoxy groups -OCH3 is 3. The van der Waals surface area contributed by atoms with Gasteiger partial charge in [0.2, 0.25) is 6.79 Å². The Balaban J connectivity index is 1.84. The van der Waals surface area contributed by atoms with Crippen LogP contribution in [0.2, 0.25) is 0 Å². The molecule has 1 aliphatic heterocycles. The smallest absolute Gasteiger partial charge is 0.325 e. The van der Waals surface area contributed by atoms with Gasteiger partial charge in [-0.15, -0.1) is 0 Å². The van der Waals surface area contributed by atoms with Gasteiger partial charge in [0, 0.05) is 17.7 Å². The van der Waals surface area contributed by atoms with Gasteiger partial charge < -0.3 is 28.3 Å². The first kappa shape index (κ1) is 19.8. The topological polar surface area (TPSA) is 97.6 Å². The van der Waals surface area contributed by atoms with Gasteiger partial charge in [-0.1, -0.05) is 11.3 Å². The Labute approximate surface area is 175 Å². The Bertz CT molecular complexity index is 1210. The number of carbonyl (C=O) groups excluding carboxylic acids is 2. The molecule has 2 aromatic carbocycles. The summed E-state index contributed by atoms with van der Waals surface area (Å²) in [5.74, 6) is 1.15. The summed E-state index contributed by atoms with van der Waals surface area (Å²) in [6, 6.07) is 8.37. The van der Waals surface area contributed by atoms with Crippen molar-refractivity contribution in [2.24, 2.45) is 4.99 Å². The zero-order valence-electron chi connectivity index (χ0n) is 16.5. The number of esters is 1. The van der Waals surface area contributed by atoms with Crippen molar-refractivity contribution in [2.45, 2.75) is 6.54 Å². The van der Waals surface area contributed by atoms with E-state index >= 15 is 0 Å². The van der Waals surface area contributed by atoms with E-state index in [1.54, 1.807) is 34.9 Å². The van der Waals surface area contributed by atoms with E-state index in [1.807, 2.05) is 0 Å². The molecule has 0 atom stereocenters. The van der Waals surface area contributed by atoms with E-state index in [9.17, 15) is 9.59 Å². The van der Waals surface area contributed by atoms with E-state index < -0.39 is 11.9 Å². The SMILES string of the molecule is COC(=O)Cn1c(=NC(=O)c2ccc3c(c2)OCO3)sc2cc(OC)c(OC)cc21. The molecule has 1 aromatic heterocycles. The van der Waals surface area contributed by atoms with Crippen LogP contribution in [0, 0.1) is 0 Å². The van der Waals surface area contributed by atoms with Crippen LogP contribution in [0.25, 0.3) is 10.2 Å². The minimum Gasteiger partial charge on any atom is -0.493 e. The molecule has 0 spiro atoms. The predicted octanol–water partition coefficient (Wildman–Crippen LogP) is 2.36. The van der Waals surface area contributed by atoms with Gasteiger partial charge >= 0.3 is 5.97 Å². The van der Waals surface area contributed by atoms with Crippen LogP contribution < -0.4 is 23.7 Å². The lowest BCUT2D eigenvalue weighted by molar-refractivity contribution is -0.141. The molecule has 10 heteroatoms. The van der Waals surface area contributed by atoms with Gasteiger partial charge in [-0.3, -0.25) is 9.59 Å². The molecule has 2 heterocycles. The fraction of sp³-hybridized carbons (Fsp3) is 0.250. The number of aromatic nitrogens is 1. The van der Waals surface area contributed by atoms with E-state index in [0.717, 1.165) is 4.70 Å². The summed E-state index contributed by atoms with van der Waals surface area (Å²) >= 11 is 1.25. The normalized spacial score (nSPS) is 12.8. The molecular weight excluding hydrogens is 412 g/mol. The number of benzene rings is 2. The Kier molecular flexibility index (Phi) is 5.32. The molecule has 0 unspecified atom stereocenters. The van der Waals surface area contributed by atoms with Gasteiger partial charge in [-0.2, -0.15) is 4.99 Å². The third-order valence-corrected chi connectivity index (χ3v) is 5.56. The molecule has 1 aliphatic rings. The molecule has 0 saturated heterocycles. The van der Waals surface area contributed by atoms with Crippen molar-refractivity contribution < 1.29 is 33.3 Å². The van der Waals surface area contributed by atoms with Crippen LogP contribution in [-0.4, -0.2) is 44.6 Å². The van der Waals surface area contributed by atoms with Crippen molar-refractivity contribution in [1.29, 1.82) is 0 Å². The quantitative estimate of drug-likeness (QED) is 0.573. The molecule has 0 fully saturated rings. The largest absolute Gasteiger partial charge is 0.493 e. The fourth-order valence-corrected chi connectivity index (χ4v) is 4.05. The minimum atomic E-state index is -0.475. The monoisotopic (exact) mass is 430 g/mol. The average molecular weight is 430 g/mol. The van der Waals surface area contributed by atoms with Crippen LogP contribution in [0.5, 0.6) is 23.0 Å². The number of hydrogen-bond donors (Lipinski definition) is 0. The third kappa shape index (κ3) is 3.57. The van der Waals surface area contributed by atoms with Gasteiger partial charge in [0.15, 0.2) is 27.8 Å². The summed E-state index contributed by atoms with van der Waals surface area (Å²) in [7, 11) is 4.36. The lowest BCUT2D eigenvalue weighted by Gasteiger charge is -2.09. The van der Waals surface area contributed by atoms with Crippen molar-refractivity contribution in [2.75, 3.05) is 28.1 Å². The highest BCUT2D eigenvalue weighted by atomic mass is 32.1. The van der Waals surface area contributed by atoms with Crippen LogP contribution in [-0.2, 0) is 16.1 Å². The van der Waals surface area contributed by atoms with Crippen molar-refractivity contribution >= 4 is 33.4 Å². The van der Waals surface area contributed by atoms with Crippen LogP contribution in [0.15, 0.2) is 35.3 Å². The van der Waals surface area contributed by atoms with Crippen LogP contribution >= 0.6 is 11.3 Å². The van der Waals surface area contributed by atoms with Gasteiger partial charge in [-0.05, 0) is 18.2 Å². The number of amides is 1. The summed E-state index contributed by atoms with van der Waals surface area (Å²) in [6.45, 7) is 0.00245. The standard InChI is InChI=1S/C20H18N2O7S/c1-25-14-7-12-17(8-15(14)26-2)30-20(22(12)9-18(23)27-3)21-19(24)11-4-5-13-16(6-11)29-10-28-13/h4-8H,9-10H2,1-3H3. The van der Waals surface area contributed by atoms with Crippen molar-refractivity contribution in [3.05, 3.63) is 40.7 Å². The molecule has 4 rings (SSSR count). The predicted molar refractivity (Wildman–Crippen MR) is 107 cm³/mol. The zero-order chi connectivity index (χ0) is 21.3. The number of carbonyl (C=O) groups is 2. The number of nitrogens with zero attached hydrogens (tertiary/aromatic N) is 2. The van der Waals surface area contributed by atoms with E-state index in [-0.39, 0.29) is 13.3 Å². The number of thiazole rings is 1. The second-order valence-corrected chi connectivity index (χ2v) is 7.22. The average Bonchev–Trinajstić information content (AvgIpc) is 3.36. The Morgan fingerprint density at radius 1 is 1.07 bits per heavy atom. The summed E-state index contributed by atoms with van der Waals surface area (Å²) in [6.07, 6.45) is 0. The van der Waals surface area contributed by atoms with E-state index in [4.69, 9.17) is 23.7 Å². The molecule has 9 nitrogen and oxygen atoms in total. The second-order valence-electron chi connectivity index (χ2n) is 6.21. The van der Waals surface area contributed by atoms with E-state index in [2.05, 4.69) is 4.99 Å².